The SMILES string of the molecule is CCC1CCC(S(=O)C(C(=O)O)C(C)C)CC1. The van der Waals surface area contributed by atoms with Crippen molar-refractivity contribution in [3.63, 3.8) is 0 Å². The molecular formula is C13H24O3S. The van der Waals surface area contributed by atoms with E-state index in [9.17, 15) is 9.00 Å². The van der Waals surface area contributed by atoms with Gasteiger partial charge < -0.3 is 5.11 Å². The molecule has 2 unspecified atom stereocenters. The molecule has 3 nitrogen and oxygen atoms in total. The maximum atomic E-state index is 12.3. The Labute approximate surface area is 106 Å². The molecule has 1 aliphatic rings. The molecule has 1 N–H and O–H groups in total. The Morgan fingerprint density at radius 1 is 1.29 bits per heavy atom. The second-order valence-electron chi connectivity index (χ2n) is 5.38. The number of carbonyl (C=O) groups is 1. The van der Waals surface area contributed by atoms with Crippen LogP contribution in [0.5, 0.6) is 0 Å². The molecule has 100 valence electrons. The minimum atomic E-state index is -1.22. The van der Waals surface area contributed by atoms with Crippen molar-refractivity contribution in [3.8, 4) is 0 Å². The minimum absolute atomic E-state index is 0.0581. The Balaban J connectivity index is 2.61. The minimum Gasteiger partial charge on any atom is -0.480 e. The zero-order valence-corrected chi connectivity index (χ0v) is 11.8. The Bertz CT molecular complexity index is 280. The van der Waals surface area contributed by atoms with Gasteiger partial charge in [-0.05, 0) is 37.5 Å². The van der Waals surface area contributed by atoms with Crippen LogP contribution in [0.1, 0.15) is 52.9 Å². The van der Waals surface area contributed by atoms with Crippen LogP contribution in [0.2, 0.25) is 0 Å². The summed E-state index contributed by atoms with van der Waals surface area (Å²) in [5, 5.41) is 8.55. The number of hydrogen-bond acceptors (Lipinski definition) is 2. The van der Waals surface area contributed by atoms with Gasteiger partial charge in [-0.15, -0.1) is 0 Å². The summed E-state index contributed by atoms with van der Waals surface area (Å²) in [5.74, 6) is -0.209. The van der Waals surface area contributed by atoms with Gasteiger partial charge in [-0.1, -0.05) is 27.2 Å². The number of rotatable bonds is 5. The molecular weight excluding hydrogens is 236 g/mol. The highest BCUT2D eigenvalue weighted by Gasteiger charge is 2.34. The highest BCUT2D eigenvalue weighted by atomic mass is 32.2. The summed E-state index contributed by atoms with van der Waals surface area (Å²) in [5.41, 5.74) is 0. The second kappa shape index (κ2) is 6.53. The first-order valence-corrected chi connectivity index (χ1v) is 7.87. The van der Waals surface area contributed by atoms with E-state index < -0.39 is 22.0 Å². The van der Waals surface area contributed by atoms with E-state index >= 15 is 0 Å². The van der Waals surface area contributed by atoms with Gasteiger partial charge in [0.2, 0.25) is 0 Å². The van der Waals surface area contributed by atoms with Crippen LogP contribution in [0.25, 0.3) is 0 Å². The van der Waals surface area contributed by atoms with Gasteiger partial charge in [0, 0.05) is 16.0 Å². The summed E-state index contributed by atoms with van der Waals surface area (Å²) < 4.78 is 12.3. The predicted molar refractivity (Wildman–Crippen MR) is 70.4 cm³/mol. The Morgan fingerprint density at radius 2 is 1.82 bits per heavy atom. The monoisotopic (exact) mass is 260 g/mol. The van der Waals surface area contributed by atoms with Crippen molar-refractivity contribution in [2.24, 2.45) is 11.8 Å². The van der Waals surface area contributed by atoms with Crippen LogP contribution in [-0.4, -0.2) is 25.8 Å². The number of carboxylic acid groups (broad SMARTS) is 1. The van der Waals surface area contributed by atoms with E-state index in [1.54, 1.807) is 0 Å². The molecule has 0 spiro atoms. The fourth-order valence-electron chi connectivity index (χ4n) is 2.63. The van der Waals surface area contributed by atoms with Gasteiger partial charge in [-0.3, -0.25) is 9.00 Å². The summed E-state index contributed by atoms with van der Waals surface area (Å²) in [6, 6.07) is 0. The van der Waals surface area contributed by atoms with E-state index in [0.29, 0.717) is 0 Å². The van der Waals surface area contributed by atoms with E-state index in [1.807, 2.05) is 13.8 Å². The molecule has 1 saturated carbocycles. The van der Waals surface area contributed by atoms with Crippen LogP contribution >= 0.6 is 0 Å². The molecule has 4 heteroatoms. The Kier molecular flexibility index (Phi) is 5.63. The van der Waals surface area contributed by atoms with Crippen molar-refractivity contribution in [2.75, 3.05) is 0 Å². The number of aliphatic carboxylic acids is 1. The zero-order valence-electron chi connectivity index (χ0n) is 11.0. The van der Waals surface area contributed by atoms with E-state index in [2.05, 4.69) is 6.92 Å². The number of hydrogen-bond donors (Lipinski definition) is 1. The van der Waals surface area contributed by atoms with Crippen molar-refractivity contribution in [3.05, 3.63) is 0 Å². The van der Waals surface area contributed by atoms with Crippen molar-refractivity contribution in [1.82, 2.24) is 0 Å². The van der Waals surface area contributed by atoms with E-state index in [4.69, 9.17) is 5.11 Å². The summed E-state index contributed by atoms with van der Waals surface area (Å²) in [4.78, 5) is 11.2. The maximum Gasteiger partial charge on any atom is 0.319 e. The highest BCUT2D eigenvalue weighted by Crippen LogP contribution is 2.31. The van der Waals surface area contributed by atoms with Gasteiger partial charge in [0.1, 0.15) is 5.25 Å². The third-order valence-electron chi connectivity index (χ3n) is 3.80. The summed E-state index contributed by atoms with van der Waals surface area (Å²) >= 11 is 0. The van der Waals surface area contributed by atoms with Gasteiger partial charge in [0.25, 0.3) is 0 Å². The molecule has 0 bridgehead atoms. The van der Waals surface area contributed by atoms with Gasteiger partial charge in [-0.25, -0.2) is 0 Å². The molecule has 0 aromatic rings. The summed E-state index contributed by atoms with van der Waals surface area (Å²) in [6.07, 6.45) is 5.27. The van der Waals surface area contributed by atoms with E-state index in [1.165, 1.54) is 6.42 Å². The molecule has 1 rings (SSSR count). The van der Waals surface area contributed by atoms with E-state index in [-0.39, 0.29) is 11.2 Å². The smallest absolute Gasteiger partial charge is 0.319 e. The standard InChI is InChI=1S/C13H24O3S/c1-4-10-5-7-11(8-6-10)17(16)12(9(2)3)13(14)15/h9-12H,4-8H2,1-3H3,(H,14,15). The maximum absolute atomic E-state index is 12.3. The van der Waals surface area contributed by atoms with Crippen LogP contribution in [0, 0.1) is 11.8 Å². The largest absolute Gasteiger partial charge is 0.480 e. The van der Waals surface area contributed by atoms with Crippen molar-refractivity contribution >= 4 is 16.8 Å². The second-order valence-corrected chi connectivity index (χ2v) is 7.21. The van der Waals surface area contributed by atoms with Gasteiger partial charge in [0.05, 0.1) is 0 Å². The third-order valence-corrected chi connectivity index (χ3v) is 6.17. The average molecular weight is 260 g/mol. The molecule has 0 heterocycles. The third kappa shape index (κ3) is 3.80. The summed E-state index contributed by atoms with van der Waals surface area (Å²) in [7, 11) is -1.22. The predicted octanol–water partition coefficient (Wildman–Crippen LogP) is 2.81. The van der Waals surface area contributed by atoms with Crippen LogP contribution in [0.4, 0.5) is 0 Å². The van der Waals surface area contributed by atoms with Crippen LogP contribution in [0.15, 0.2) is 0 Å². The number of carboxylic acids is 1. The molecule has 0 aromatic heterocycles. The molecule has 0 aliphatic heterocycles. The van der Waals surface area contributed by atoms with Crippen molar-refractivity contribution < 1.29 is 14.1 Å². The topological polar surface area (TPSA) is 54.4 Å². The lowest BCUT2D eigenvalue weighted by Gasteiger charge is -2.29. The lowest BCUT2D eigenvalue weighted by Crippen LogP contribution is -2.38. The molecule has 0 amide bonds. The summed E-state index contributed by atoms with van der Waals surface area (Å²) in [6.45, 7) is 5.87. The molecule has 2 atom stereocenters. The molecule has 1 fully saturated rings. The first-order valence-electron chi connectivity index (χ1n) is 6.59. The Hall–Kier alpha value is -0.380. The van der Waals surface area contributed by atoms with Gasteiger partial charge in [-0.2, -0.15) is 0 Å². The van der Waals surface area contributed by atoms with Crippen LogP contribution < -0.4 is 0 Å². The lowest BCUT2D eigenvalue weighted by molar-refractivity contribution is -0.137. The van der Waals surface area contributed by atoms with Crippen molar-refractivity contribution in [2.45, 2.75) is 63.4 Å². The molecule has 17 heavy (non-hydrogen) atoms. The van der Waals surface area contributed by atoms with Gasteiger partial charge in [0.15, 0.2) is 0 Å². The molecule has 0 radical (unpaired) electrons. The fraction of sp³-hybridized carbons (Fsp3) is 0.923. The zero-order chi connectivity index (χ0) is 13.0. The van der Waals surface area contributed by atoms with Crippen LogP contribution in [0.3, 0.4) is 0 Å². The quantitative estimate of drug-likeness (QED) is 0.827. The molecule has 0 aromatic carbocycles. The molecule has 0 saturated heterocycles. The van der Waals surface area contributed by atoms with Crippen molar-refractivity contribution in [1.29, 1.82) is 0 Å². The fourth-order valence-corrected chi connectivity index (χ4v) is 4.52. The van der Waals surface area contributed by atoms with Gasteiger partial charge >= 0.3 is 5.97 Å². The van der Waals surface area contributed by atoms with Crippen LogP contribution in [-0.2, 0) is 15.6 Å². The first-order chi connectivity index (χ1) is 7.97. The molecule has 1 aliphatic carbocycles. The van der Waals surface area contributed by atoms with E-state index in [0.717, 1.165) is 31.6 Å². The Morgan fingerprint density at radius 3 is 2.18 bits per heavy atom. The first kappa shape index (κ1) is 14.7. The highest BCUT2D eigenvalue weighted by molar-refractivity contribution is 7.87. The lowest BCUT2D eigenvalue weighted by atomic mass is 9.87. The average Bonchev–Trinajstić information content (AvgIpc) is 2.28. The normalized spacial score (nSPS) is 28.9.